The minimum Gasteiger partial charge on any atom is -0.464 e. The van der Waals surface area contributed by atoms with Crippen molar-refractivity contribution in [2.45, 2.75) is 18.5 Å². The molecule has 62 valence electrons. The number of carbonyl (C=O) groups excluding carboxylic acids is 1. The second-order valence-corrected chi connectivity index (χ2v) is 3.19. The SMILES string of the molecule is NC1CN(C2CCOC2=O)C1. The molecule has 2 N–H and O–H groups in total. The molecule has 0 aromatic rings. The molecule has 0 saturated carbocycles. The fraction of sp³-hybridized carbons (Fsp3) is 0.857. The molecule has 2 fully saturated rings. The fourth-order valence-corrected chi connectivity index (χ4v) is 1.62. The zero-order valence-corrected chi connectivity index (χ0v) is 6.32. The van der Waals surface area contributed by atoms with Gasteiger partial charge in [0.25, 0.3) is 0 Å². The number of ether oxygens (including phenoxy) is 1. The predicted octanol–water partition coefficient (Wildman–Crippen LogP) is -1.06. The van der Waals surface area contributed by atoms with E-state index in [0.717, 1.165) is 19.5 Å². The Morgan fingerprint density at radius 1 is 1.55 bits per heavy atom. The highest BCUT2D eigenvalue weighted by atomic mass is 16.5. The average Bonchev–Trinajstić information content (AvgIpc) is 2.29. The monoisotopic (exact) mass is 156 g/mol. The Labute approximate surface area is 65.3 Å². The van der Waals surface area contributed by atoms with Gasteiger partial charge in [0, 0.05) is 25.6 Å². The molecule has 2 heterocycles. The average molecular weight is 156 g/mol. The van der Waals surface area contributed by atoms with E-state index in [9.17, 15) is 4.79 Å². The topological polar surface area (TPSA) is 55.6 Å². The van der Waals surface area contributed by atoms with Crippen molar-refractivity contribution in [2.75, 3.05) is 19.7 Å². The molecular formula is C7H12N2O2. The maximum atomic E-state index is 11.0. The zero-order valence-electron chi connectivity index (χ0n) is 6.32. The quantitative estimate of drug-likeness (QED) is 0.492. The van der Waals surface area contributed by atoms with Gasteiger partial charge in [-0.15, -0.1) is 0 Å². The third kappa shape index (κ3) is 1.12. The molecule has 2 aliphatic rings. The van der Waals surface area contributed by atoms with Crippen LogP contribution in [0.4, 0.5) is 0 Å². The van der Waals surface area contributed by atoms with E-state index in [1.807, 2.05) is 0 Å². The van der Waals surface area contributed by atoms with E-state index in [2.05, 4.69) is 4.90 Å². The number of esters is 1. The van der Waals surface area contributed by atoms with Gasteiger partial charge in [0.1, 0.15) is 6.04 Å². The summed E-state index contributed by atoms with van der Waals surface area (Å²) in [5.41, 5.74) is 5.59. The number of nitrogens with two attached hydrogens (primary N) is 1. The lowest BCUT2D eigenvalue weighted by atomic mass is 10.1. The highest BCUT2D eigenvalue weighted by Gasteiger charge is 2.38. The molecule has 0 radical (unpaired) electrons. The summed E-state index contributed by atoms with van der Waals surface area (Å²) in [5, 5.41) is 0. The summed E-state index contributed by atoms with van der Waals surface area (Å²) in [6.07, 6.45) is 0.839. The number of cyclic esters (lactones) is 1. The van der Waals surface area contributed by atoms with Crippen LogP contribution in [0.3, 0.4) is 0 Å². The van der Waals surface area contributed by atoms with Gasteiger partial charge in [0.05, 0.1) is 6.61 Å². The van der Waals surface area contributed by atoms with E-state index >= 15 is 0 Å². The number of nitrogens with zero attached hydrogens (tertiary/aromatic N) is 1. The van der Waals surface area contributed by atoms with Gasteiger partial charge in [-0.3, -0.25) is 9.69 Å². The van der Waals surface area contributed by atoms with Crippen LogP contribution in [0.2, 0.25) is 0 Å². The lowest BCUT2D eigenvalue weighted by molar-refractivity contribution is -0.143. The van der Waals surface area contributed by atoms with Crippen LogP contribution in [0, 0.1) is 0 Å². The minimum atomic E-state index is -0.0723. The Hall–Kier alpha value is -0.610. The number of hydrogen-bond donors (Lipinski definition) is 1. The summed E-state index contributed by atoms with van der Waals surface area (Å²) in [6.45, 7) is 2.27. The Kier molecular flexibility index (Phi) is 1.58. The minimum absolute atomic E-state index is 0.00907. The van der Waals surface area contributed by atoms with Crippen molar-refractivity contribution < 1.29 is 9.53 Å². The van der Waals surface area contributed by atoms with Crippen molar-refractivity contribution in [3.8, 4) is 0 Å². The van der Waals surface area contributed by atoms with Crippen LogP contribution in [0.25, 0.3) is 0 Å². The van der Waals surface area contributed by atoms with Gasteiger partial charge in [0.2, 0.25) is 0 Å². The molecular weight excluding hydrogens is 144 g/mol. The molecule has 4 nitrogen and oxygen atoms in total. The fourth-order valence-electron chi connectivity index (χ4n) is 1.62. The number of rotatable bonds is 1. The van der Waals surface area contributed by atoms with Gasteiger partial charge in [-0.25, -0.2) is 0 Å². The van der Waals surface area contributed by atoms with Gasteiger partial charge in [-0.05, 0) is 0 Å². The molecule has 2 rings (SSSR count). The van der Waals surface area contributed by atoms with Crippen LogP contribution in [0.1, 0.15) is 6.42 Å². The van der Waals surface area contributed by atoms with Crippen LogP contribution in [-0.2, 0) is 9.53 Å². The van der Waals surface area contributed by atoms with E-state index in [1.165, 1.54) is 0 Å². The van der Waals surface area contributed by atoms with Crippen LogP contribution >= 0.6 is 0 Å². The molecule has 0 aliphatic carbocycles. The first-order valence-corrected chi connectivity index (χ1v) is 3.93. The maximum Gasteiger partial charge on any atom is 0.323 e. The standard InChI is InChI=1S/C7H12N2O2/c8-5-3-9(4-5)6-1-2-11-7(6)10/h5-6H,1-4,8H2. The van der Waals surface area contributed by atoms with Gasteiger partial charge in [0.15, 0.2) is 0 Å². The highest BCUT2D eigenvalue weighted by molar-refractivity contribution is 5.77. The van der Waals surface area contributed by atoms with Gasteiger partial charge in [-0.2, -0.15) is 0 Å². The number of carbonyl (C=O) groups is 1. The molecule has 0 bridgehead atoms. The Morgan fingerprint density at radius 3 is 2.73 bits per heavy atom. The molecule has 1 atom stereocenters. The van der Waals surface area contributed by atoms with Crippen molar-refractivity contribution in [3.63, 3.8) is 0 Å². The second-order valence-electron chi connectivity index (χ2n) is 3.19. The van der Waals surface area contributed by atoms with E-state index in [4.69, 9.17) is 10.5 Å². The predicted molar refractivity (Wildman–Crippen MR) is 38.9 cm³/mol. The van der Waals surface area contributed by atoms with E-state index in [1.54, 1.807) is 0 Å². The molecule has 0 aromatic heterocycles. The van der Waals surface area contributed by atoms with E-state index in [0.29, 0.717) is 6.61 Å². The summed E-state index contributed by atoms with van der Waals surface area (Å²) in [4.78, 5) is 13.1. The summed E-state index contributed by atoms with van der Waals surface area (Å²) in [6, 6.07) is 0.276. The van der Waals surface area contributed by atoms with Gasteiger partial charge < -0.3 is 10.5 Å². The molecule has 1 unspecified atom stereocenters. The van der Waals surface area contributed by atoms with Gasteiger partial charge in [-0.1, -0.05) is 0 Å². The van der Waals surface area contributed by atoms with Crippen molar-refractivity contribution in [1.29, 1.82) is 0 Å². The van der Waals surface area contributed by atoms with Crippen LogP contribution in [0.5, 0.6) is 0 Å². The summed E-state index contributed by atoms with van der Waals surface area (Å²) in [7, 11) is 0. The Morgan fingerprint density at radius 2 is 2.27 bits per heavy atom. The van der Waals surface area contributed by atoms with E-state index < -0.39 is 0 Å². The van der Waals surface area contributed by atoms with Crippen molar-refractivity contribution in [2.24, 2.45) is 5.73 Å². The normalized spacial score (nSPS) is 33.5. The molecule has 4 heteroatoms. The van der Waals surface area contributed by atoms with Crippen molar-refractivity contribution in [1.82, 2.24) is 4.90 Å². The lowest BCUT2D eigenvalue weighted by Gasteiger charge is -2.39. The third-order valence-electron chi connectivity index (χ3n) is 2.29. The summed E-state index contributed by atoms with van der Waals surface area (Å²) >= 11 is 0. The molecule has 0 aromatic carbocycles. The molecule has 2 saturated heterocycles. The van der Waals surface area contributed by atoms with Crippen LogP contribution < -0.4 is 5.73 Å². The Balaban J connectivity index is 1.90. The second kappa shape index (κ2) is 2.46. The first-order valence-electron chi connectivity index (χ1n) is 3.93. The molecule has 0 amide bonds. The first kappa shape index (κ1) is 7.06. The Bertz CT molecular complexity index is 177. The lowest BCUT2D eigenvalue weighted by Crippen LogP contribution is -2.60. The molecule has 0 spiro atoms. The first-order chi connectivity index (χ1) is 5.27. The highest BCUT2D eigenvalue weighted by Crippen LogP contribution is 2.18. The van der Waals surface area contributed by atoms with Crippen LogP contribution in [0.15, 0.2) is 0 Å². The van der Waals surface area contributed by atoms with Gasteiger partial charge >= 0.3 is 5.97 Å². The maximum absolute atomic E-state index is 11.0. The molecule has 11 heavy (non-hydrogen) atoms. The zero-order chi connectivity index (χ0) is 7.84. The smallest absolute Gasteiger partial charge is 0.323 e. The van der Waals surface area contributed by atoms with Crippen LogP contribution in [-0.4, -0.2) is 42.6 Å². The summed E-state index contributed by atoms with van der Waals surface area (Å²) in [5.74, 6) is -0.0723. The summed E-state index contributed by atoms with van der Waals surface area (Å²) < 4.78 is 4.84. The van der Waals surface area contributed by atoms with Crippen molar-refractivity contribution in [3.05, 3.63) is 0 Å². The largest absolute Gasteiger partial charge is 0.464 e. The van der Waals surface area contributed by atoms with Crippen molar-refractivity contribution >= 4 is 5.97 Å². The van der Waals surface area contributed by atoms with E-state index in [-0.39, 0.29) is 18.1 Å². The number of likely N-dealkylation sites (tertiary alicyclic amines) is 1. The third-order valence-corrected chi connectivity index (χ3v) is 2.29. The number of hydrogen-bond acceptors (Lipinski definition) is 4. The molecule has 2 aliphatic heterocycles.